The summed E-state index contributed by atoms with van der Waals surface area (Å²) in [5, 5.41) is 3.01. The van der Waals surface area contributed by atoms with Gasteiger partial charge in [0, 0.05) is 24.7 Å². The van der Waals surface area contributed by atoms with Crippen molar-refractivity contribution in [2.24, 2.45) is 5.92 Å². The van der Waals surface area contributed by atoms with Crippen LogP contribution in [0.2, 0.25) is 4.34 Å². The van der Waals surface area contributed by atoms with E-state index in [1.807, 2.05) is 6.92 Å². The lowest BCUT2D eigenvalue weighted by Gasteiger charge is -2.34. The number of benzene rings is 1. The van der Waals surface area contributed by atoms with Crippen LogP contribution >= 0.6 is 22.9 Å². The van der Waals surface area contributed by atoms with Gasteiger partial charge < -0.3 is 15.0 Å². The van der Waals surface area contributed by atoms with Crippen LogP contribution < -0.4 is 10.1 Å². The largest absolute Gasteiger partial charge is 0.415 e. The van der Waals surface area contributed by atoms with Gasteiger partial charge in [-0.05, 0) is 56.9 Å². The van der Waals surface area contributed by atoms with Crippen molar-refractivity contribution in [1.29, 1.82) is 0 Å². The zero-order valence-electron chi connectivity index (χ0n) is 15.7. The van der Waals surface area contributed by atoms with Gasteiger partial charge in [0.25, 0.3) is 5.91 Å². The van der Waals surface area contributed by atoms with E-state index in [0.29, 0.717) is 27.9 Å². The Labute approximate surface area is 172 Å². The van der Waals surface area contributed by atoms with Crippen LogP contribution in [0.25, 0.3) is 0 Å². The number of ether oxygens (including phenoxy) is 1. The molecule has 1 aromatic carbocycles. The van der Waals surface area contributed by atoms with Crippen LogP contribution in [-0.4, -0.2) is 36.0 Å². The van der Waals surface area contributed by atoms with E-state index in [0.717, 1.165) is 12.8 Å². The summed E-state index contributed by atoms with van der Waals surface area (Å²) >= 11 is 7.13. The summed E-state index contributed by atoms with van der Waals surface area (Å²) in [6, 6.07) is 7.83. The minimum Gasteiger partial charge on any atom is -0.410 e. The zero-order valence-corrected chi connectivity index (χ0v) is 17.3. The SMILES string of the molecule is Cc1c(F)cccc1OC(=O)N1CCC([C@H](C)NC(=O)c2ccc(Cl)s2)CC1. The van der Waals surface area contributed by atoms with Crippen LogP contribution in [0.15, 0.2) is 30.3 Å². The number of hydrogen-bond acceptors (Lipinski definition) is 4. The van der Waals surface area contributed by atoms with Gasteiger partial charge in [-0.3, -0.25) is 4.79 Å². The third-order valence-electron chi connectivity index (χ3n) is 5.08. The maximum atomic E-state index is 13.6. The van der Waals surface area contributed by atoms with Gasteiger partial charge in [0.15, 0.2) is 0 Å². The zero-order chi connectivity index (χ0) is 20.3. The number of likely N-dealkylation sites (tertiary alicyclic amines) is 1. The molecule has 1 saturated heterocycles. The predicted molar refractivity (Wildman–Crippen MR) is 108 cm³/mol. The van der Waals surface area contributed by atoms with Gasteiger partial charge in [-0.15, -0.1) is 11.3 Å². The van der Waals surface area contributed by atoms with Crippen molar-refractivity contribution in [2.75, 3.05) is 13.1 Å². The maximum absolute atomic E-state index is 13.6. The number of piperidine rings is 1. The normalized spacial score (nSPS) is 15.9. The van der Waals surface area contributed by atoms with Crippen LogP contribution in [0.4, 0.5) is 9.18 Å². The van der Waals surface area contributed by atoms with E-state index in [1.54, 1.807) is 30.0 Å². The molecule has 3 rings (SSSR count). The van der Waals surface area contributed by atoms with Crippen LogP contribution in [0.1, 0.15) is 35.0 Å². The third-order valence-corrected chi connectivity index (χ3v) is 6.31. The highest BCUT2D eigenvalue weighted by Crippen LogP contribution is 2.25. The van der Waals surface area contributed by atoms with Gasteiger partial charge in [-0.1, -0.05) is 17.7 Å². The number of thiophene rings is 1. The molecule has 1 N–H and O–H groups in total. The molecular weight excluding hydrogens is 403 g/mol. The van der Waals surface area contributed by atoms with Crippen molar-refractivity contribution in [1.82, 2.24) is 10.2 Å². The monoisotopic (exact) mass is 424 g/mol. The lowest BCUT2D eigenvalue weighted by molar-refractivity contribution is 0.0899. The van der Waals surface area contributed by atoms with Crippen LogP contribution in [-0.2, 0) is 0 Å². The fourth-order valence-corrected chi connectivity index (χ4v) is 4.22. The Morgan fingerprint density at radius 2 is 2.00 bits per heavy atom. The number of nitrogens with zero attached hydrogens (tertiary/aromatic N) is 1. The van der Waals surface area contributed by atoms with E-state index in [-0.39, 0.29) is 23.6 Å². The predicted octanol–water partition coefficient (Wildman–Crippen LogP) is 4.88. The maximum Gasteiger partial charge on any atom is 0.415 e. The quantitative estimate of drug-likeness (QED) is 0.761. The first-order valence-corrected chi connectivity index (χ1v) is 10.3. The Hall–Kier alpha value is -2.12. The highest BCUT2D eigenvalue weighted by atomic mass is 35.5. The lowest BCUT2D eigenvalue weighted by Crippen LogP contribution is -2.46. The second-order valence-electron chi connectivity index (χ2n) is 6.92. The molecule has 0 aliphatic carbocycles. The molecule has 1 atom stereocenters. The fourth-order valence-electron chi connectivity index (χ4n) is 3.27. The van der Waals surface area contributed by atoms with Gasteiger partial charge in [0.2, 0.25) is 0 Å². The summed E-state index contributed by atoms with van der Waals surface area (Å²) in [5.41, 5.74) is 0.316. The molecule has 1 aliphatic rings. The van der Waals surface area contributed by atoms with Gasteiger partial charge in [0.05, 0.1) is 9.21 Å². The van der Waals surface area contributed by atoms with E-state index in [9.17, 15) is 14.0 Å². The van der Waals surface area contributed by atoms with Crippen molar-refractivity contribution in [3.8, 4) is 5.75 Å². The number of halogens is 2. The molecule has 150 valence electrons. The minimum atomic E-state index is -0.475. The molecule has 5 nitrogen and oxygen atoms in total. The van der Waals surface area contributed by atoms with Crippen LogP contribution in [0.5, 0.6) is 5.75 Å². The van der Waals surface area contributed by atoms with Crippen molar-refractivity contribution in [3.63, 3.8) is 0 Å². The molecule has 28 heavy (non-hydrogen) atoms. The number of rotatable bonds is 4. The first-order chi connectivity index (χ1) is 13.3. The third kappa shape index (κ3) is 4.83. The second-order valence-corrected chi connectivity index (χ2v) is 8.64. The molecule has 0 unspecified atom stereocenters. The molecular formula is C20H22ClFN2O3S. The smallest absolute Gasteiger partial charge is 0.410 e. The van der Waals surface area contributed by atoms with E-state index in [2.05, 4.69) is 5.32 Å². The second kappa shape index (κ2) is 8.92. The number of nitrogens with one attached hydrogen (secondary N) is 1. The first kappa shape index (κ1) is 20.6. The summed E-state index contributed by atoms with van der Waals surface area (Å²) in [6.45, 7) is 4.61. The molecule has 8 heteroatoms. The lowest BCUT2D eigenvalue weighted by atomic mass is 9.90. The Bertz CT molecular complexity index is 865. The summed E-state index contributed by atoms with van der Waals surface area (Å²) in [5.74, 6) is -0.0323. The van der Waals surface area contributed by atoms with Crippen molar-refractivity contribution >= 4 is 34.9 Å². The van der Waals surface area contributed by atoms with Gasteiger partial charge >= 0.3 is 6.09 Å². The van der Waals surface area contributed by atoms with E-state index < -0.39 is 11.9 Å². The molecule has 0 spiro atoms. The summed E-state index contributed by atoms with van der Waals surface area (Å²) in [4.78, 5) is 26.9. The fraction of sp³-hybridized carbons (Fsp3) is 0.400. The Kier molecular flexibility index (Phi) is 6.57. The summed E-state index contributed by atoms with van der Waals surface area (Å²) in [6.07, 6.45) is 1.03. The molecule has 0 bridgehead atoms. The molecule has 0 saturated carbocycles. The molecule has 1 aromatic heterocycles. The van der Waals surface area contributed by atoms with Gasteiger partial charge in [-0.25, -0.2) is 9.18 Å². The Balaban J connectivity index is 1.50. The summed E-state index contributed by atoms with van der Waals surface area (Å²) in [7, 11) is 0. The molecule has 1 fully saturated rings. The average Bonchev–Trinajstić information content (AvgIpc) is 3.12. The van der Waals surface area contributed by atoms with Crippen molar-refractivity contribution < 1.29 is 18.7 Å². The molecule has 0 radical (unpaired) electrons. The van der Waals surface area contributed by atoms with Crippen LogP contribution in [0, 0.1) is 18.7 Å². The first-order valence-electron chi connectivity index (χ1n) is 9.13. The van der Waals surface area contributed by atoms with Gasteiger partial charge in [-0.2, -0.15) is 0 Å². The summed E-state index contributed by atoms with van der Waals surface area (Å²) < 4.78 is 19.5. The topological polar surface area (TPSA) is 58.6 Å². The van der Waals surface area contributed by atoms with Crippen molar-refractivity contribution in [2.45, 2.75) is 32.7 Å². The molecule has 2 heterocycles. The van der Waals surface area contributed by atoms with E-state index >= 15 is 0 Å². The number of hydrogen-bond donors (Lipinski definition) is 1. The number of carbonyl (C=O) groups is 2. The molecule has 2 aromatic rings. The van der Waals surface area contributed by atoms with E-state index in [1.165, 1.54) is 23.5 Å². The average molecular weight is 425 g/mol. The Morgan fingerprint density at radius 1 is 1.29 bits per heavy atom. The Morgan fingerprint density at radius 3 is 2.64 bits per heavy atom. The van der Waals surface area contributed by atoms with E-state index in [4.69, 9.17) is 16.3 Å². The standard InChI is InChI=1S/C20H22ClFN2O3S/c1-12-15(22)4-3-5-16(12)27-20(26)24-10-8-14(9-11-24)13(2)23-19(25)17-6-7-18(21)28-17/h3-7,13-14H,8-11H2,1-2H3,(H,23,25)/t13-/m0/s1. The highest BCUT2D eigenvalue weighted by Gasteiger charge is 2.28. The number of amides is 2. The minimum absolute atomic E-state index is 0.0167. The number of carbonyl (C=O) groups excluding carboxylic acids is 2. The van der Waals surface area contributed by atoms with Gasteiger partial charge in [0.1, 0.15) is 11.6 Å². The van der Waals surface area contributed by atoms with Crippen LogP contribution in [0.3, 0.4) is 0 Å². The molecule has 1 aliphatic heterocycles. The highest BCUT2D eigenvalue weighted by molar-refractivity contribution is 7.18. The van der Waals surface area contributed by atoms with Crippen molar-refractivity contribution in [3.05, 3.63) is 50.9 Å². The molecule has 2 amide bonds.